The lowest BCUT2D eigenvalue weighted by Gasteiger charge is -2.06. The van der Waals surface area contributed by atoms with Crippen molar-refractivity contribution in [2.24, 2.45) is 0 Å². The van der Waals surface area contributed by atoms with Gasteiger partial charge in [0.05, 0.1) is 0 Å². The molecule has 0 spiro atoms. The summed E-state index contributed by atoms with van der Waals surface area (Å²) < 4.78 is 0. The average molecular weight is 220 g/mol. The van der Waals surface area contributed by atoms with Crippen LogP contribution in [0.25, 0.3) is 11.1 Å². The number of nitrogen functional groups attached to an aromatic ring is 1. The fourth-order valence-corrected chi connectivity index (χ4v) is 1.63. The van der Waals surface area contributed by atoms with Crippen LogP contribution in [0.1, 0.15) is 5.56 Å². The minimum atomic E-state index is 0. The largest absolute Gasteiger partial charge is 0.399 e. The van der Waals surface area contributed by atoms with Gasteiger partial charge in [-0.05, 0) is 35.7 Å². The molecule has 0 fully saturated rings. The summed E-state index contributed by atoms with van der Waals surface area (Å²) in [6.45, 7) is 2.08. The lowest BCUT2D eigenvalue weighted by atomic mass is 10.0. The van der Waals surface area contributed by atoms with Crippen LogP contribution < -0.4 is 5.73 Å². The molecular weight excluding hydrogens is 206 g/mol. The van der Waals surface area contributed by atoms with E-state index >= 15 is 0 Å². The van der Waals surface area contributed by atoms with E-state index in [0.29, 0.717) is 0 Å². The maximum Gasteiger partial charge on any atom is 0.0317 e. The Kier molecular flexibility index (Phi) is 3.75. The molecule has 0 aliphatic rings. The molecule has 0 aliphatic heterocycles. The Morgan fingerprint density at radius 1 is 0.933 bits per heavy atom. The Bertz CT molecular complexity index is 438. The Hall–Kier alpha value is -1.47. The van der Waals surface area contributed by atoms with Crippen LogP contribution in [0.4, 0.5) is 5.69 Å². The summed E-state index contributed by atoms with van der Waals surface area (Å²) in [6.07, 6.45) is 0. The number of hydrogen-bond acceptors (Lipinski definition) is 1. The van der Waals surface area contributed by atoms with E-state index in [2.05, 4.69) is 25.1 Å². The van der Waals surface area contributed by atoms with Crippen LogP contribution in [0.15, 0.2) is 48.5 Å². The summed E-state index contributed by atoms with van der Waals surface area (Å²) in [6, 6.07) is 16.3. The van der Waals surface area contributed by atoms with Crippen LogP contribution in [0.5, 0.6) is 0 Å². The molecule has 0 aromatic heterocycles. The standard InChI is InChI=1S/C13H13N.ClH/c1-10-9-12(14)7-8-13(10)11-5-3-2-4-6-11;/h2-9H,14H2,1H3;1H. The van der Waals surface area contributed by atoms with Gasteiger partial charge in [0.25, 0.3) is 0 Å². The van der Waals surface area contributed by atoms with Crippen LogP contribution in [0.2, 0.25) is 0 Å². The molecule has 2 aromatic rings. The first kappa shape index (κ1) is 11.6. The van der Waals surface area contributed by atoms with Gasteiger partial charge in [-0.2, -0.15) is 0 Å². The molecule has 78 valence electrons. The Morgan fingerprint density at radius 2 is 1.60 bits per heavy atom. The van der Waals surface area contributed by atoms with Gasteiger partial charge in [-0.1, -0.05) is 36.4 Å². The Morgan fingerprint density at radius 3 is 2.20 bits per heavy atom. The van der Waals surface area contributed by atoms with Gasteiger partial charge >= 0.3 is 0 Å². The molecule has 2 aromatic carbocycles. The van der Waals surface area contributed by atoms with Crippen LogP contribution >= 0.6 is 12.4 Å². The van der Waals surface area contributed by atoms with E-state index in [1.54, 1.807) is 0 Å². The molecule has 15 heavy (non-hydrogen) atoms. The van der Waals surface area contributed by atoms with E-state index < -0.39 is 0 Å². The van der Waals surface area contributed by atoms with E-state index in [9.17, 15) is 0 Å². The Balaban J connectivity index is 0.00000112. The number of rotatable bonds is 1. The summed E-state index contributed by atoms with van der Waals surface area (Å²) in [5.41, 5.74) is 10.2. The first-order chi connectivity index (χ1) is 6.77. The van der Waals surface area contributed by atoms with Crippen molar-refractivity contribution in [3.63, 3.8) is 0 Å². The minimum Gasteiger partial charge on any atom is -0.399 e. The fraction of sp³-hybridized carbons (Fsp3) is 0.0769. The van der Waals surface area contributed by atoms with Gasteiger partial charge in [-0.25, -0.2) is 0 Å². The number of halogens is 1. The number of aryl methyl sites for hydroxylation is 1. The lowest BCUT2D eigenvalue weighted by Crippen LogP contribution is -1.88. The molecule has 0 unspecified atom stereocenters. The second-order valence-electron chi connectivity index (χ2n) is 3.44. The lowest BCUT2D eigenvalue weighted by molar-refractivity contribution is 1.46. The van der Waals surface area contributed by atoms with E-state index in [0.717, 1.165) is 5.69 Å². The third-order valence-electron chi connectivity index (χ3n) is 2.34. The van der Waals surface area contributed by atoms with Gasteiger partial charge in [-0.15, -0.1) is 12.4 Å². The van der Waals surface area contributed by atoms with E-state index in [-0.39, 0.29) is 12.4 Å². The topological polar surface area (TPSA) is 26.0 Å². The number of benzene rings is 2. The van der Waals surface area contributed by atoms with E-state index in [4.69, 9.17) is 5.73 Å². The molecule has 0 bridgehead atoms. The van der Waals surface area contributed by atoms with Gasteiger partial charge in [0.1, 0.15) is 0 Å². The zero-order chi connectivity index (χ0) is 9.97. The highest BCUT2D eigenvalue weighted by Gasteiger charge is 2.00. The first-order valence-electron chi connectivity index (χ1n) is 4.69. The fourth-order valence-electron chi connectivity index (χ4n) is 1.63. The maximum atomic E-state index is 5.71. The third kappa shape index (κ3) is 2.51. The highest BCUT2D eigenvalue weighted by molar-refractivity contribution is 5.85. The van der Waals surface area contributed by atoms with Gasteiger partial charge < -0.3 is 5.73 Å². The van der Waals surface area contributed by atoms with Crippen molar-refractivity contribution < 1.29 is 0 Å². The van der Waals surface area contributed by atoms with Gasteiger partial charge in [0.15, 0.2) is 0 Å². The minimum absolute atomic E-state index is 0. The highest BCUT2D eigenvalue weighted by atomic mass is 35.5. The van der Waals surface area contributed by atoms with Crippen molar-refractivity contribution in [2.45, 2.75) is 6.92 Å². The summed E-state index contributed by atoms with van der Waals surface area (Å²) >= 11 is 0. The predicted molar refractivity (Wildman–Crippen MR) is 68.3 cm³/mol. The predicted octanol–water partition coefficient (Wildman–Crippen LogP) is 3.67. The third-order valence-corrected chi connectivity index (χ3v) is 2.34. The van der Waals surface area contributed by atoms with Crippen molar-refractivity contribution in [3.8, 4) is 11.1 Å². The molecule has 1 nitrogen and oxygen atoms in total. The molecule has 2 N–H and O–H groups in total. The second-order valence-corrected chi connectivity index (χ2v) is 3.44. The average Bonchev–Trinajstić information content (AvgIpc) is 2.19. The van der Waals surface area contributed by atoms with Crippen LogP contribution in [0.3, 0.4) is 0 Å². The summed E-state index contributed by atoms with van der Waals surface area (Å²) in [7, 11) is 0. The SMILES string of the molecule is Cc1cc(N)ccc1-c1ccccc1.Cl. The zero-order valence-electron chi connectivity index (χ0n) is 8.60. The van der Waals surface area contributed by atoms with Crippen molar-refractivity contribution >= 4 is 18.1 Å². The highest BCUT2D eigenvalue weighted by Crippen LogP contribution is 2.24. The normalized spacial score (nSPS) is 9.40. The molecule has 2 heteroatoms. The summed E-state index contributed by atoms with van der Waals surface area (Å²) in [4.78, 5) is 0. The summed E-state index contributed by atoms with van der Waals surface area (Å²) in [5, 5.41) is 0. The van der Waals surface area contributed by atoms with E-state index in [1.807, 2.05) is 30.3 Å². The smallest absolute Gasteiger partial charge is 0.0317 e. The van der Waals surface area contributed by atoms with Crippen molar-refractivity contribution in [3.05, 3.63) is 54.1 Å². The van der Waals surface area contributed by atoms with Crippen LogP contribution in [-0.2, 0) is 0 Å². The van der Waals surface area contributed by atoms with Crippen LogP contribution in [-0.4, -0.2) is 0 Å². The van der Waals surface area contributed by atoms with Gasteiger partial charge in [0, 0.05) is 5.69 Å². The molecular formula is C13H14ClN. The van der Waals surface area contributed by atoms with Crippen LogP contribution in [0, 0.1) is 6.92 Å². The molecule has 0 heterocycles. The first-order valence-corrected chi connectivity index (χ1v) is 4.69. The molecule has 0 saturated carbocycles. The summed E-state index contributed by atoms with van der Waals surface area (Å²) in [5.74, 6) is 0. The molecule has 0 radical (unpaired) electrons. The van der Waals surface area contributed by atoms with Crippen molar-refractivity contribution in [1.82, 2.24) is 0 Å². The van der Waals surface area contributed by atoms with E-state index in [1.165, 1.54) is 16.7 Å². The quantitative estimate of drug-likeness (QED) is 0.728. The molecule has 0 atom stereocenters. The molecule has 0 aliphatic carbocycles. The van der Waals surface area contributed by atoms with Gasteiger partial charge in [0.2, 0.25) is 0 Å². The van der Waals surface area contributed by atoms with Crippen molar-refractivity contribution in [1.29, 1.82) is 0 Å². The van der Waals surface area contributed by atoms with Gasteiger partial charge in [-0.3, -0.25) is 0 Å². The van der Waals surface area contributed by atoms with Crippen molar-refractivity contribution in [2.75, 3.05) is 5.73 Å². The Labute approximate surface area is 96.3 Å². The number of anilines is 1. The molecule has 2 rings (SSSR count). The monoisotopic (exact) mass is 219 g/mol. The maximum absolute atomic E-state index is 5.71. The second kappa shape index (κ2) is 4.85. The zero-order valence-corrected chi connectivity index (χ0v) is 9.42. The number of hydrogen-bond donors (Lipinski definition) is 1. The molecule has 0 saturated heterocycles. The number of nitrogens with two attached hydrogens (primary N) is 1. The molecule has 0 amide bonds.